The van der Waals surface area contributed by atoms with Gasteiger partial charge in [0.25, 0.3) is 0 Å². The Hall–Kier alpha value is -4.19. The van der Waals surface area contributed by atoms with Crippen molar-refractivity contribution in [1.82, 2.24) is 19.4 Å². The van der Waals surface area contributed by atoms with Gasteiger partial charge >= 0.3 is 6.18 Å². The third kappa shape index (κ3) is 6.82. The van der Waals surface area contributed by atoms with E-state index in [0.29, 0.717) is 40.5 Å². The van der Waals surface area contributed by atoms with Crippen LogP contribution in [0.15, 0.2) is 54.7 Å². The molecule has 0 spiro atoms. The predicted octanol–water partition coefficient (Wildman–Crippen LogP) is 6.33. The van der Waals surface area contributed by atoms with Gasteiger partial charge in [-0.05, 0) is 55.9 Å². The number of hydrogen-bond acceptors (Lipinski definition) is 6. The molecular weight excluding hydrogens is 516 g/mol. The number of fused-ring (bicyclic) bond motifs is 1. The number of benzene rings is 2. The Morgan fingerprint density at radius 3 is 2.56 bits per heavy atom. The molecule has 2 N–H and O–H groups in total. The van der Waals surface area contributed by atoms with Crippen molar-refractivity contribution in [2.45, 2.75) is 26.4 Å². The number of carbonyl (C=O) groups excluding carboxylic acids is 1. The van der Waals surface area contributed by atoms with E-state index in [9.17, 15) is 22.4 Å². The van der Waals surface area contributed by atoms with Gasteiger partial charge in [0.1, 0.15) is 23.1 Å². The van der Waals surface area contributed by atoms with Crippen molar-refractivity contribution in [3.63, 3.8) is 0 Å². The molecule has 0 aliphatic heterocycles. The fourth-order valence-corrected chi connectivity index (χ4v) is 4.00. The Balaban J connectivity index is 1.50. The highest BCUT2D eigenvalue weighted by molar-refractivity contribution is 5.91. The molecule has 4 aromatic rings. The van der Waals surface area contributed by atoms with Gasteiger partial charge in [-0.25, -0.2) is 14.4 Å². The van der Waals surface area contributed by atoms with Crippen LogP contribution in [0.4, 0.5) is 35.0 Å². The molecule has 0 aliphatic carbocycles. The number of hydrogen-bond donors (Lipinski definition) is 2. The topological polar surface area (TPSA) is 84.3 Å². The lowest BCUT2D eigenvalue weighted by Gasteiger charge is -2.18. The number of ether oxygens (including phenoxy) is 1. The molecule has 4 rings (SSSR count). The molecule has 2 aromatic carbocycles. The predicted molar refractivity (Wildman–Crippen MR) is 141 cm³/mol. The average Bonchev–Trinajstić information content (AvgIpc) is 3.18. The minimum Gasteiger partial charge on any atom is -0.457 e. The lowest BCUT2D eigenvalue weighted by Crippen LogP contribution is -2.33. The second-order valence-electron chi connectivity index (χ2n) is 8.86. The van der Waals surface area contributed by atoms with E-state index in [4.69, 9.17) is 4.74 Å². The molecule has 39 heavy (non-hydrogen) atoms. The number of halogens is 4. The molecule has 0 saturated heterocycles. The lowest BCUT2D eigenvalue weighted by atomic mass is 10.2. The van der Waals surface area contributed by atoms with Gasteiger partial charge in [-0.15, -0.1) is 0 Å². The summed E-state index contributed by atoms with van der Waals surface area (Å²) in [6.07, 6.45) is -2.15. The quantitative estimate of drug-likeness (QED) is 0.227. The van der Waals surface area contributed by atoms with Crippen LogP contribution in [0.2, 0.25) is 0 Å². The number of nitrogens with one attached hydrogen (secondary N) is 2. The highest BCUT2D eigenvalue weighted by atomic mass is 19.4. The van der Waals surface area contributed by atoms with Gasteiger partial charge in [-0.2, -0.15) is 13.2 Å². The minimum absolute atomic E-state index is 0.151. The molecule has 2 heterocycles. The van der Waals surface area contributed by atoms with Crippen LogP contribution >= 0.6 is 0 Å². The second-order valence-corrected chi connectivity index (χ2v) is 8.86. The van der Waals surface area contributed by atoms with Crippen molar-refractivity contribution >= 4 is 34.4 Å². The molecule has 0 fully saturated rings. The summed E-state index contributed by atoms with van der Waals surface area (Å²) in [5.41, 5.74) is -0.198. The normalized spacial score (nSPS) is 11.7. The number of rotatable bonds is 10. The monoisotopic (exact) mass is 544 g/mol. The highest BCUT2D eigenvalue weighted by Gasteiger charge is 2.31. The first-order valence-corrected chi connectivity index (χ1v) is 12.3. The van der Waals surface area contributed by atoms with Gasteiger partial charge in [0.05, 0.1) is 28.8 Å². The number of carbonyl (C=O) groups is 1. The smallest absolute Gasteiger partial charge is 0.416 e. The van der Waals surface area contributed by atoms with Crippen LogP contribution in [0.25, 0.3) is 11.0 Å². The fraction of sp³-hybridized carbons (Fsp3) is 0.296. The van der Waals surface area contributed by atoms with Crippen LogP contribution in [0.5, 0.6) is 11.5 Å². The number of alkyl halides is 3. The van der Waals surface area contributed by atoms with Gasteiger partial charge in [0.2, 0.25) is 11.9 Å². The summed E-state index contributed by atoms with van der Waals surface area (Å²) in [6.45, 7) is 5.90. The fourth-order valence-electron chi connectivity index (χ4n) is 4.00. The van der Waals surface area contributed by atoms with E-state index < -0.39 is 17.6 Å². The summed E-state index contributed by atoms with van der Waals surface area (Å²) >= 11 is 0. The Morgan fingerprint density at radius 2 is 1.85 bits per heavy atom. The van der Waals surface area contributed by atoms with Crippen LogP contribution in [0, 0.1) is 5.82 Å². The molecule has 2 aromatic heterocycles. The number of pyridine rings is 1. The third-order valence-electron chi connectivity index (χ3n) is 5.98. The summed E-state index contributed by atoms with van der Waals surface area (Å²) in [4.78, 5) is 23.0. The van der Waals surface area contributed by atoms with Crippen molar-refractivity contribution < 1.29 is 27.1 Å². The van der Waals surface area contributed by atoms with Gasteiger partial charge < -0.3 is 19.9 Å². The Kier molecular flexibility index (Phi) is 8.34. The van der Waals surface area contributed by atoms with Crippen LogP contribution in [0.3, 0.4) is 0 Å². The van der Waals surface area contributed by atoms with Crippen molar-refractivity contribution in [2.24, 2.45) is 7.05 Å². The van der Waals surface area contributed by atoms with Crippen LogP contribution in [0.1, 0.15) is 25.8 Å². The van der Waals surface area contributed by atoms with Gasteiger partial charge in [-0.3, -0.25) is 9.69 Å². The third-order valence-corrected chi connectivity index (χ3v) is 5.98. The molecule has 12 heteroatoms. The first-order valence-electron chi connectivity index (χ1n) is 12.3. The van der Waals surface area contributed by atoms with Crippen molar-refractivity contribution in [1.29, 1.82) is 0 Å². The molecule has 206 valence electrons. The number of imidazole rings is 1. The number of aryl methyl sites for hydroxylation is 1. The van der Waals surface area contributed by atoms with Gasteiger partial charge in [0.15, 0.2) is 0 Å². The van der Waals surface area contributed by atoms with Crippen LogP contribution in [-0.4, -0.2) is 45.0 Å². The molecule has 8 nitrogen and oxygen atoms in total. The highest BCUT2D eigenvalue weighted by Crippen LogP contribution is 2.33. The van der Waals surface area contributed by atoms with Crippen molar-refractivity contribution in [2.75, 3.05) is 30.3 Å². The number of aromatic nitrogens is 3. The number of likely N-dealkylation sites (N-methyl/N-ethyl adjacent to an activating group) is 1. The molecule has 0 aliphatic rings. The van der Waals surface area contributed by atoms with E-state index >= 15 is 0 Å². The van der Waals surface area contributed by atoms with Crippen molar-refractivity contribution in [3.05, 3.63) is 66.1 Å². The van der Waals surface area contributed by atoms with E-state index in [1.165, 1.54) is 6.20 Å². The second kappa shape index (κ2) is 11.7. The molecule has 1 amide bonds. The maximum Gasteiger partial charge on any atom is 0.416 e. The minimum atomic E-state index is -4.61. The summed E-state index contributed by atoms with van der Waals surface area (Å²) < 4.78 is 61.0. The molecule has 0 radical (unpaired) electrons. The Labute approximate surface area is 222 Å². The largest absolute Gasteiger partial charge is 0.457 e. The first kappa shape index (κ1) is 27.8. The summed E-state index contributed by atoms with van der Waals surface area (Å²) in [5, 5.41) is 5.42. The molecular formula is C27H28F4N6O2. The maximum absolute atomic E-state index is 14.2. The van der Waals surface area contributed by atoms with E-state index in [1.54, 1.807) is 41.9 Å². The molecule has 0 unspecified atom stereocenters. The van der Waals surface area contributed by atoms with E-state index in [2.05, 4.69) is 27.5 Å². The number of amides is 1. The SMILES string of the molecule is CCCN(CC)CC(=O)Nc1cc(Oc2ccc3c(c2)nc(Nc2cc(C(F)(F)F)ccc2F)n3C)ccn1. The zero-order valence-corrected chi connectivity index (χ0v) is 21.6. The molecule has 0 saturated carbocycles. The van der Waals surface area contributed by atoms with Gasteiger partial charge in [0, 0.05) is 25.4 Å². The molecule has 0 bridgehead atoms. The summed E-state index contributed by atoms with van der Waals surface area (Å²) in [6, 6.07) is 10.4. The van der Waals surface area contributed by atoms with Gasteiger partial charge in [-0.1, -0.05) is 13.8 Å². The maximum atomic E-state index is 14.2. The first-order chi connectivity index (χ1) is 18.6. The zero-order valence-electron chi connectivity index (χ0n) is 21.6. The summed E-state index contributed by atoms with van der Waals surface area (Å²) in [7, 11) is 1.65. The molecule has 0 atom stereocenters. The van der Waals surface area contributed by atoms with E-state index in [-0.39, 0.29) is 24.1 Å². The Bertz CT molecular complexity index is 1470. The van der Waals surface area contributed by atoms with Crippen LogP contribution < -0.4 is 15.4 Å². The average molecular weight is 545 g/mol. The Morgan fingerprint density at radius 1 is 1.08 bits per heavy atom. The van der Waals surface area contributed by atoms with E-state index in [0.717, 1.165) is 25.6 Å². The zero-order chi connectivity index (χ0) is 28.2. The number of anilines is 3. The van der Waals surface area contributed by atoms with Crippen LogP contribution in [-0.2, 0) is 18.0 Å². The standard InChI is InChI=1S/C27H28F4N6O2/c1-4-12-37(5-2)16-25(38)35-24-15-19(10-11-32-24)39-18-7-9-23-22(14-18)34-26(36(23)3)33-21-13-17(27(29,30)31)6-8-20(21)28/h6-11,13-15H,4-5,12,16H2,1-3H3,(H,33,34)(H,32,35,38). The lowest BCUT2D eigenvalue weighted by molar-refractivity contribution is -0.137. The number of nitrogens with zero attached hydrogens (tertiary/aromatic N) is 4. The summed E-state index contributed by atoms with van der Waals surface area (Å²) in [5.74, 6) is 0.341. The van der Waals surface area contributed by atoms with E-state index in [1.807, 2.05) is 11.8 Å². The van der Waals surface area contributed by atoms with Crippen molar-refractivity contribution in [3.8, 4) is 11.5 Å².